The molecular formula is C9H10F2N2O2. The molecule has 0 aliphatic heterocycles. The number of hydrogen-bond acceptors (Lipinski definition) is 3. The first-order valence-electron chi connectivity index (χ1n) is 4.20. The van der Waals surface area contributed by atoms with E-state index in [1.54, 1.807) is 0 Å². The molecule has 0 saturated carbocycles. The third-order valence-corrected chi connectivity index (χ3v) is 1.59. The van der Waals surface area contributed by atoms with E-state index in [2.05, 4.69) is 0 Å². The van der Waals surface area contributed by atoms with Gasteiger partial charge in [0, 0.05) is 18.2 Å². The summed E-state index contributed by atoms with van der Waals surface area (Å²) in [4.78, 5) is 10.7. The van der Waals surface area contributed by atoms with Crippen molar-refractivity contribution < 1.29 is 18.3 Å². The molecule has 0 radical (unpaired) electrons. The minimum absolute atomic E-state index is 0.00588. The highest BCUT2D eigenvalue weighted by molar-refractivity contribution is 5.75. The summed E-state index contributed by atoms with van der Waals surface area (Å²) in [5.41, 5.74) is 1.91. The summed E-state index contributed by atoms with van der Waals surface area (Å²) in [5.74, 6) is 3.00. The Labute approximate surface area is 85.0 Å². The fourth-order valence-corrected chi connectivity index (χ4v) is 0.946. The maximum atomic E-state index is 12.7. The van der Waals surface area contributed by atoms with Crippen LogP contribution in [0, 0.1) is 11.6 Å². The van der Waals surface area contributed by atoms with Gasteiger partial charge in [-0.05, 0) is 0 Å². The molecule has 0 spiro atoms. The van der Waals surface area contributed by atoms with Crippen molar-refractivity contribution in [2.45, 2.75) is 6.42 Å². The quantitative estimate of drug-likeness (QED) is 0.443. The number of benzene rings is 1. The van der Waals surface area contributed by atoms with Crippen molar-refractivity contribution in [3.63, 3.8) is 0 Å². The van der Waals surface area contributed by atoms with E-state index in [4.69, 9.17) is 10.6 Å². The average Bonchev–Trinajstić information content (AvgIpc) is 2.16. The maximum Gasteiger partial charge on any atom is 0.237 e. The SMILES string of the molecule is NNC(=O)CCOc1cc(F)cc(F)c1. The lowest BCUT2D eigenvalue weighted by molar-refractivity contribution is -0.121. The molecule has 4 nitrogen and oxygen atoms in total. The van der Waals surface area contributed by atoms with E-state index in [-0.39, 0.29) is 18.8 Å². The van der Waals surface area contributed by atoms with E-state index < -0.39 is 17.5 Å². The zero-order chi connectivity index (χ0) is 11.3. The lowest BCUT2D eigenvalue weighted by Gasteiger charge is -2.05. The van der Waals surface area contributed by atoms with Gasteiger partial charge < -0.3 is 4.74 Å². The van der Waals surface area contributed by atoms with Crippen LogP contribution in [0.1, 0.15) is 6.42 Å². The smallest absolute Gasteiger partial charge is 0.237 e. The van der Waals surface area contributed by atoms with Crippen LogP contribution >= 0.6 is 0 Å². The van der Waals surface area contributed by atoms with Gasteiger partial charge in [-0.2, -0.15) is 0 Å². The van der Waals surface area contributed by atoms with E-state index in [9.17, 15) is 13.6 Å². The molecule has 0 atom stereocenters. The van der Waals surface area contributed by atoms with Crippen molar-refractivity contribution in [3.8, 4) is 5.75 Å². The van der Waals surface area contributed by atoms with Crippen LogP contribution in [0.4, 0.5) is 8.78 Å². The molecule has 1 rings (SSSR count). The van der Waals surface area contributed by atoms with Gasteiger partial charge in [-0.25, -0.2) is 14.6 Å². The molecular weight excluding hydrogens is 206 g/mol. The molecule has 0 aliphatic carbocycles. The number of nitrogens with two attached hydrogens (primary N) is 1. The Kier molecular flexibility index (Phi) is 3.99. The molecule has 6 heteroatoms. The summed E-state index contributed by atoms with van der Waals surface area (Å²) < 4.78 is 30.3. The Morgan fingerprint density at radius 1 is 1.33 bits per heavy atom. The third kappa shape index (κ3) is 3.90. The number of ether oxygens (including phenoxy) is 1. The summed E-state index contributed by atoms with van der Waals surface area (Å²) in [6.07, 6.45) is 0.0225. The molecule has 15 heavy (non-hydrogen) atoms. The van der Waals surface area contributed by atoms with Crippen molar-refractivity contribution >= 4 is 5.91 Å². The number of amides is 1. The molecule has 1 aromatic carbocycles. The van der Waals surface area contributed by atoms with Crippen LogP contribution in [0.2, 0.25) is 0 Å². The minimum Gasteiger partial charge on any atom is -0.493 e. The van der Waals surface area contributed by atoms with Gasteiger partial charge in [-0.15, -0.1) is 0 Å². The summed E-state index contributed by atoms with van der Waals surface area (Å²) >= 11 is 0. The third-order valence-electron chi connectivity index (χ3n) is 1.59. The van der Waals surface area contributed by atoms with E-state index in [0.29, 0.717) is 0 Å². The normalized spacial score (nSPS) is 9.80. The highest BCUT2D eigenvalue weighted by Gasteiger charge is 2.03. The molecule has 1 amide bonds. The van der Waals surface area contributed by atoms with Crippen LogP contribution < -0.4 is 16.0 Å². The standard InChI is InChI=1S/C9H10F2N2O2/c10-6-3-7(11)5-8(4-6)15-2-1-9(14)13-12/h3-5H,1-2,12H2,(H,13,14). The number of hydrazine groups is 1. The molecule has 0 heterocycles. The Hall–Kier alpha value is -1.69. The van der Waals surface area contributed by atoms with E-state index in [0.717, 1.165) is 18.2 Å². The predicted octanol–water partition coefficient (Wildman–Crippen LogP) is 0.724. The van der Waals surface area contributed by atoms with Crippen LogP contribution in [0.15, 0.2) is 18.2 Å². The van der Waals surface area contributed by atoms with Crippen LogP contribution in [0.5, 0.6) is 5.75 Å². The topological polar surface area (TPSA) is 64.3 Å². The van der Waals surface area contributed by atoms with Crippen molar-refractivity contribution in [2.24, 2.45) is 5.84 Å². The Balaban J connectivity index is 2.47. The first-order valence-corrected chi connectivity index (χ1v) is 4.20. The number of hydrogen-bond donors (Lipinski definition) is 2. The van der Waals surface area contributed by atoms with Crippen LogP contribution in [-0.2, 0) is 4.79 Å². The lowest BCUT2D eigenvalue weighted by Crippen LogP contribution is -2.31. The molecule has 0 unspecified atom stereocenters. The van der Waals surface area contributed by atoms with Gasteiger partial charge in [0.1, 0.15) is 17.4 Å². The monoisotopic (exact) mass is 216 g/mol. The molecule has 0 fully saturated rings. The predicted molar refractivity (Wildman–Crippen MR) is 48.8 cm³/mol. The van der Waals surface area contributed by atoms with Gasteiger partial charge in [0.15, 0.2) is 0 Å². The fraction of sp³-hybridized carbons (Fsp3) is 0.222. The van der Waals surface area contributed by atoms with Gasteiger partial charge >= 0.3 is 0 Å². The second-order valence-corrected chi connectivity index (χ2v) is 2.77. The molecule has 0 aromatic heterocycles. The number of carbonyl (C=O) groups is 1. The summed E-state index contributed by atoms with van der Waals surface area (Å²) in [6, 6.07) is 2.80. The van der Waals surface area contributed by atoms with Crippen molar-refractivity contribution in [3.05, 3.63) is 29.8 Å². The average molecular weight is 216 g/mol. The van der Waals surface area contributed by atoms with Crippen molar-refractivity contribution in [1.82, 2.24) is 5.43 Å². The minimum atomic E-state index is -0.728. The van der Waals surface area contributed by atoms with Gasteiger partial charge in [0.05, 0.1) is 13.0 Å². The number of nitrogens with one attached hydrogen (secondary N) is 1. The second kappa shape index (κ2) is 5.26. The Bertz CT molecular complexity index is 338. The summed E-state index contributed by atoms with van der Waals surface area (Å²) in [5, 5.41) is 0. The van der Waals surface area contributed by atoms with Crippen molar-refractivity contribution in [2.75, 3.05) is 6.61 Å². The van der Waals surface area contributed by atoms with E-state index >= 15 is 0 Å². The van der Waals surface area contributed by atoms with Gasteiger partial charge in [-0.3, -0.25) is 10.2 Å². The lowest BCUT2D eigenvalue weighted by atomic mass is 10.3. The molecule has 1 aromatic rings. The zero-order valence-corrected chi connectivity index (χ0v) is 7.80. The highest BCUT2D eigenvalue weighted by Crippen LogP contribution is 2.15. The van der Waals surface area contributed by atoms with E-state index in [1.165, 1.54) is 0 Å². The number of halogens is 2. The zero-order valence-electron chi connectivity index (χ0n) is 7.80. The molecule has 0 aliphatic rings. The molecule has 0 bridgehead atoms. The largest absolute Gasteiger partial charge is 0.493 e. The van der Waals surface area contributed by atoms with E-state index in [1.807, 2.05) is 5.43 Å². The molecule has 3 N–H and O–H groups in total. The molecule has 82 valence electrons. The summed E-state index contributed by atoms with van der Waals surface area (Å²) in [6.45, 7) is 0.00588. The summed E-state index contributed by atoms with van der Waals surface area (Å²) in [7, 11) is 0. The highest BCUT2D eigenvalue weighted by atomic mass is 19.1. The van der Waals surface area contributed by atoms with Crippen LogP contribution in [0.3, 0.4) is 0 Å². The van der Waals surface area contributed by atoms with Gasteiger partial charge in [0.2, 0.25) is 5.91 Å². The van der Waals surface area contributed by atoms with Crippen LogP contribution in [-0.4, -0.2) is 12.5 Å². The van der Waals surface area contributed by atoms with Crippen molar-refractivity contribution in [1.29, 1.82) is 0 Å². The van der Waals surface area contributed by atoms with Gasteiger partial charge in [-0.1, -0.05) is 0 Å². The van der Waals surface area contributed by atoms with Crippen LogP contribution in [0.25, 0.3) is 0 Å². The maximum absolute atomic E-state index is 12.7. The Morgan fingerprint density at radius 3 is 2.47 bits per heavy atom. The Morgan fingerprint density at radius 2 is 1.93 bits per heavy atom. The fourth-order valence-electron chi connectivity index (χ4n) is 0.946. The molecule has 0 saturated heterocycles. The second-order valence-electron chi connectivity index (χ2n) is 2.77. The first-order chi connectivity index (χ1) is 7.11. The number of carbonyl (C=O) groups excluding carboxylic acids is 1. The first kappa shape index (κ1) is 11.4. The van der Waals surface area contributed by atoms with Gasteiger partial charge in [0.25, 0.3) is 0 Å². The number of rotatable bonds is 4.